The van der Waals surface area contributed by atoms with Crippen LogP contribution in [0, 0.1) is 0 Å². The molecule has 0 spiro atoms. The van der Waals surface area contributed by atoms with Gasteiger partial charge in [-0.15, -0.1) is 0 Å². The summed E-state index contributed by atoms with van der Waals surface area (Å²) in [4.78, 5) is 15.6. The van der Waals surface area contributed by atoms with Gasteiger partial charge < -0.3 is 14.8 Å². The topological polar surface area (TPSA) is 60.5 Å². The molecule has 0 aliphatic heterocycles. The quantitative estimate of drug-likeness (QED) is 0.578. The molecule has 1 heterocycles. The summed E-state index contributed by atoms with van der Waals surface area (Å²) < 4.78 is 9.90. The van der Waals surface area contributed by atoms with Crippen LogP contribution in [0.3, 0.4) is 0 Å². The molecule has 1 N–H and O–H groups in total. The Morgan fingerprint density at radius 2 is 2.35 bits per heavy atom. The summed E-state index contributed by atoms with van der Waals surface area (Å²) in [5.74, 6) is 0.168. The van der Waals surface area contributed by atoms with Gasteiger partial charge in [-0.25, -0.2) is 9.78 Å². The Morgan fingerprint density at radius 1 is 1.53 bits per heavy atom. The second kappa shape index (κ2) is 7.62. The second-order valence-electron chi connectivity index (χ2n) is 3.37. The molecule has 1 rings (SSSR count). The maximum atomic E-state index is 11.4. The number of carbonyl (C=O) groups is 1. The maximum absolute atomic E-state index is 11.4. The number of rotatable bonds is 7. The van der Waals surface area contributed by atoms with Crippen LogP contribution >= 0.6 is 0 Å². The van der Waals surface area contributed by atoms with Crippen LogP contribution in [0.4, 0.5) is 5.82 Å². The smallest absolute Gasteiger partial charge is 0.341 e. The fourth-order valence-corrected chi connectivity index (χ4v) is 1.35. The van der Waals surface area contributed by atoms with Gasteiger partial charge in [-0.3, -0.25) is 0 Å². The van der Waals surface area contributed by atoms with Crippen molar-refractivity contribution < 1.29 is 14.3 Å². The third kappa shape index (κ3) is 4.40. The predicted molar refractivity (Wildman–Crippen MR) is 65.2 cm³/mol. The van der Waals surface area contributed by atoms with Gasteiger partial charge in [0.2, 0.25) is 0 Å². The van der Waals surface area contributed by atoms with Crippen LogP contribution in [0.25, 0.3) is 0 Å². The lowest BCUT2D eigenvalue weighted by Crippen LogP contribution is -2.12. The van der Waals surface area contributed by atoms with Crippen molar-refractivity contribution in [3.05, 3.63) is 23.9 Å². The van der Waals surface area contributed by atoms with E-state index in [1.54, 1.807) is 18.3 Å². The number of aromatic nitrogens is 1. The van der Waals surface area contributed by atoms with Crippen LogP contribution in [0.15, 0.2) is 18.3 Å². The van der Waals surface area contributed by atoms with E-state index in [4.69, 9.17) is 4.74 Å². The van der Waals surface area contributed by atoms with E-state index < -0.39 is 0 Å². The number of esters is 1. The Balaban J connectivity index is 2.49. The lowest BCUT2D eigenvalue weighted by molar-refractivity contribution is 0.0601. The monoisotopic (exact) mass is 238 g/mol. The molecule has 0 bridgehead atoms. The van der Waals surface area contributed by atoms with E-state index in [0.717, 1.165) is 13.0 Å². The number of pyridine rings is 1. The first kappa shape index (κ1) is 13.4. The predicted octanol–water partition coefficient (Wildman–Crippen LogP) is 1.71. The van der Waals surface area contributed by atoms with E-state index in [0.29, 0.717) is 24.5 Å². The van der Waals surface area contributed by atoms with Crippen LogP contribution in [-0.2, 0) is 9.47 Å². The zero-order valence-corrected chi connectivity index (χ0v) is 10.2. The molecule has 0 aliphatic carbocycles. The normalized spacial score (nSPS) is 10.0. The number of hydrogen-bond acceptors (Lipinski definition) is 5. The lowest BCUT2D eigenvalue weighted by atomic mass is 10.2. The molecule has 17 heavy (non-hydrogen) atoms. The Labute approximate surface area is 101 Å². The fraction of sp³-hybridized carbons (Fsp3) is 0.500. The maximum Gasteiger partial charge on any atom is 0.341 e. The number of methoxy groups -OCH3 is 1. The highest BCUT2D eigenvalue weighted by Gasteiger charge is 2.11. The Kier molecular flexibility index (Phi) is 6.03. The molecular weight excluding hydrogens is 220 g/mol. The average Bonchev–Trinajstić information content (AvgIpc) is 2.38. The van der Waals surface area contributed by atoms with E-state index in [9.17, 15) is 4.79 Å². The highest BCUT2D eigenvalue weighted by Crippen LogP contribution is 2.12. The molecule has 5 nitrogen and oxygen atoms in total. The minimum atomic E-state index is -0.384. The summed E-state index contributed by atoms with van der Waals surface area (Å²) in [6.45, 7) is 4.09. The van der Waals surface area contributed by atoms with Gasteiger partial charge in [0.15, 0.2) is 0 Å². The van der Waals surface area contributed by atoms with Crippen LogP contribution in [-0.4, -0.2) is 37.8 Å². The highest BCUT2D eigenvalue weighted by atomic mass is 16.5. The van der Waals surface area contributed by atoms with Gasteiger partial charge in [-0.1, -0.05) is 0 Å². The molecule has 0 radical (unpaired) electrons. The average molecular weight is 238 g/mol. The third-order valence-electron chi connectivity index (χ3n) is 2.18. The van der Waals surface area contributed by atoms with E-state index in [1.165, 1.54) is 7.11 Å². The van der Waals surface area contributed by atoms with Crippen molar-refractivity contribution in [1.29, 1.82) is 0 Å². The molecular formula is C12H18N2O3. The van der Waals surface area contributed by atoms with E-state index in [1.807, 2.05) is 6.92 Å². The fourth-order valence-electron chi connectivity index (χ4n) is 1.35. The first-order valence-corrected chi connectivity index (χ1v) is 5.64. The number of hydrogen-bond donors (Lipinski definition) is 1. The molecule has 0 fully saturated rings. The van der Waals surface area contributed by atoms with E-state index in [2.05, 4.69) is 15.0 Å². The summed E-state index contributed by atoms with van der Waals surface area (Å²) in [5, 5.41) is 3.10. The molecule has 0 atom stereocenters. The molecule has 0 unspecified atom stereocenters. The van der Waals surface area contributed by atoms with Crippen molar-refractivity contribution in [1.82, 2.24) is 4.98 Å². The number of ether oxygens (including phenoxy) is 2. The summed E-state index contributed by atoms with van der Waals surface area (Å²) in [7, 11) is 1.36. The van der Waals surface area contributed by atoms with Gasteiger partial charge in [0.25, 0.3) is 0 Å². The number of nitrogens with one attached hydrogen (secondary N) is 1. The van der Waals surface area contributed by atoms with Gasteiger partial charge in [-0.05, 0) is 25.5 Å². The van der Waals surface area contributed by atoms with Crippen molar-refractivity contribution in [3.63, 3.8) is 0 Å². The van der Waals surface area contributed by atoms with Crippen molar-refractivity contribution in [3.8, 4) is 0 Å². The van der Waals surface area contributed by atoms with Crippen LogP contribution < -0.4 is 5.32 Å². The first-order chi connectivity index (χ1) is 8.29. The summed E-state index contributed by atoms with van der Waals surface area (Å²) in [6.07, 6.45) is 2.50. The number of nitrogens with zero attached hydrogens (tertiary/aromatic N) is 1. The SMILES string of the molecule is CCOCCCNc1ncccc1C(=O)OC. The minimum Gasteiger partial charge on any atom is -0.465 e. The highest BCUT2D eigenvalue weighted by molar-refractivity contribution is 5.94. The molecule has 1 aromatic heterocycles. The largest absolute Gasteiger partial charge is 0.465 e. The summed E-state index contributed by atoms with van der Waals surface area (Å²) in [6, 6.07) is 3.39. The number of carbonyl (C=O) groups excluding carboxylic acids is 1. The first-order valence-electron chi connectivity index (χ1n) is 5.64. The summed E-state index contributed by atoms with van der Waals surface area (Å²) >= 11 is 0. The second-order valence-corrected chi connectivity index (χ2v) is 3.37. The zero-order valence-electron chi connectivity index (χ0n) is 10.2. The van der Waals surface area contributed by atoms with Crippen molar-refractivity contribution >= 4 is 11.8 Å². The molecule has 5 heteroatoms. The van der Waals surface area contributed by atoms with Gasteiger partial charge >= 0.3 is 5.97 Å². The van der Waals surface area contributed by atoms with Gasteiger partial charge in [0, 0.05) is 26.0 Å². The molecule has 0 saturated heterocycles. The minimum absolute atomic E-state index is 0.384. The number of anilines is 1. The van der Waals surface area contributed by atoms with Gasteiger partial charge in [-0.2, -0.15) is 0 Å². The van der Waals surface area contributed by atoms with Gasteiger partial charge in [0.1, 0.15) is 11.4 Å². The van der Waals surface area contributed by atoms with Crippen LogP contribution in [0.1, 0.15) is 23.7 Å². The Hall–Kier alpha value is -1.62. The third-order valence-corrected chi connectivity index (χ3v) is 2.18. The summed E-state index contributed by atoms with van der Waals surface area (Å²) in [5.41, 5.74) is 0.450. The van der Waals surface area contributed by atoms with Crippen LogP contribution in [0.5, 0.6) is 0 Å². The van der Waals surface area contributed by atoms with E-state index >= 15 is 0 Å². The molecule has 0 saturated carbocycles. The molecule has 94 valence electrons. The molecule has 0 amide bonds. The lowest BCUT2D eigenvalue weighted by Gasteiger charge is -2.09. The van der Waals surface area contributed by atoms with E-state index in [-0.39, 0.29) is 5.97 Å². The van der Waals surface area contributed by atoms with Crippen LogP contribution in [0.2, 0.25) is 0 Å². The molecule has 0 aliphatic rings. The standard InChI is InChI=1S/C12H18N2O3/c1-3-17-9-5-8-14-11-10(12(15)16-2)6-4-7-13-11/h4,6-7H,3,5,8-9H2,1-2H3,(H,13,14). The Bertz CT molecular complexity index is 355. The Morgan fingerprint density at radius 3 is 3.06 bits per heavy atom. The molecule has 0 aromatic carbocycles. The van der Waals surface area contributed by atoms with Crippen molar-refractivity contribution in [2.45, 2.75) is 13.3 Å². The van der Waals surface area contributed by atoms with Gasteiger partial charge in [0.05, 0.1) is 7.11 Å². The van der Waals surface area contributed by atoms with Crippen molar-refractivity contribution in [2.75, 3.05) is 32.2 Å². The molecule has 1 aromatic rings. The zero-order chi connectivity index (χ0) is 12.5. The van der Waals surface area contributed by atoms with Crippen molar-refractivity contribution in [2.24, 2.45) is 0 Å².